The largest absolute Gasteiger partial charge is 0.466 e. The number of benzene rings is 1. The molecular formula is C21H24N2O3. The summed E-state index contributed by atoms with van der Waals surface area (Å²) in [5, 5.41) is 0.927. The third kappa shape index (κ3) is 2.96. The SMILES string of the molecule is CCOC(=O)C1CCCN(C(=O)c2c3c(nc4ccccc24)CCC3)C1. The van der Waals surface area contributed by atoms with E-state index >= 15 is 0 Å². The van der Waals surface area contributed by atoms with E-state index in [0.29, 0.717) is 19.7 Å². The van der Waals surface area contributed by atoms with Crippen LogP contribution in [0.15, 0.2) is 24.3 Å². The van der Waals surface area contributed by atoms with Gasteiger partial charge in [-0.05, 0) is 50.7 Å². The molecular weight excluding hydrogens is 328 g/mol. The summed E-state index contributed by atoms with van der Waals surface area (Å²) in [6.45, 7) is 3.34. The van der Waals surface area contributed by atoms with Crippen molar-refractivity contribution in [2.45, 2.75) is 39.0 Å². The molecule has 2 aromatic rings. The highest BCUT2D eigenvalue weighted by atomic mass is 16.5. The Kier molecular flexibility index (Phi) is 4.62. The molecule has 0 bridgehead atoms. The smallest absolute Gasteiger partial charge is 0.310 e. The van der Waals surface area contributed by atoms with Gasteiger partial charge in [0, 0.05) is 24.2 Å². The number of esters is 1. The summed E-state index contributed by atoms with van der Waals surface area (Å²) < 4.78 is 5.17. The predicted molar refractivity (Wildman–Crippen MR) is 99.0 cm³/mol. The number of carbonyl (C=O) groups is 2. The highest BCUT2D eigenvalue weighted by Gasteiger charge is 2.32. The molecule has 1 unspecified atom stereocenters. The molecule has 1 atom stereocenters. The summed E-state index contributed by atoms with van der Waals surface area (Å²) in [7, 11) is 0. The first-order valence-electron chi connectivity index (χ1n) is 9.55. The van der Waals surface area contributed by atoms with E-state index in [1.807, 2.05) is 36.1 Å². The van der Waals surface area contributed by atoms with E-state index in [2.05, 4.69) is 0 Å². The van der Waals surface area contributed by atoms with E-state index in [4.69, 9.17) is 9.72 Å². The number of piperidine rings is 1. The van der Waals surface area contributed by atoms with Crippen LogP contribution in [0.2, 0.25) is 0 Å². The van der Waals surface area contributed by atoms with Crippen molar-refractivity contribution < 1.29 is 14.3 Å². The van der Waals surface area contributed by atoms with Gasteiger partial charge in [0.25, 0.3) is 5.91 Å². The van der Waals surface area contributed by atoms with Gasteiger partial charge in [0.1, 0.15) is 0 Å². The number of pyridine rings is 1. The highest BCUT2D eigenvalue weighted by molar-refractivity contribution is 6.08. The van der Waals surface area contributed by atoms with Crippen molar-refractivity contribution in [3.05, 3.63) is 41.1 Å². The van der Waals surface area contributed by atoms with E-state index in [9.17, 15) is 9.59 Å². The van der Waals surface area contributed by atoms with Crippen LogP contribution in [0, 0.1) is 5.92 Å². The van der Waals surface area contributed by atoms with Gasteiger partial charge in [-0.3, -0.25) is 14.6 Å². The van der Waals surface area contributed by atoms with Crippen molar-refractivity contribution in [2.75, 3.05) is 19.7 Å². The molecule has 1 aliphatic carbocycles. The first kappa shape index (κ1) is 17.0. The number of para-hydroxylation sites is 1. The van der Waals surface area contributed by atoms with Gasteiger partial charge in [-0.1, -0.05) is 18.2 Å². The molecule has 1 amide bonds. The van der Waals surface area contributed by atoms with Crippen LogP contribution in [0.4, 0.5) is 0 Å². The number of fused-ring (bicyclic) bond motifs is 2. The number of nitrogens with zero attached hydrogens (tertiary/aromatic N) is 2. The van der Waals surface area contributed by atoms with Crippen molar-refractivity contribution >= 4 is 22.8 Å². The molecule has 136 valence electrons. The van der Waals surface area contributed by atoms with Crippen molar-refractivity contribution in [3.8, 4) is 0 Å². The summed E-state index contributed by atoms with van der Waals surface area (Å²) in [4.78, 5) is 32.2. The maximum absolute atomic E-state index is 13.4. The lowest BCUT2D eigenvalue weighted by Gasteiger charge is -2.32. The number of aromatic nitrogens is 1. The predicted octanol–water partition coefficient (Wildman–Crippen LogP) is 3.14. The van der Waals surface area contributed by atoms with Gasteiger partial charge in [-0.15, -0.1) is 0 Å². The van der Waals surface area contributed by atoms with Gasteiger partial charge in [0.15, 0.2) is 0 Å². The van der Waals surface area contributed by atoms with Gasteiger partial charge in [0.2, 0.25) is 0 Å². The number of amides is 1. The van der Waals surface area contributed by atoms with Gasteiger partial charge >= 0.3 is 5.97 Å². The van der Waals surface area contributed by atoms with Gasteiger partial charge in [-0.2, -0.15) is 0 Å². The summed E-state index contributed by atoms with van der Waals surface area (Å²) in [6.07, 6.45) is 4.51. The Hall–Kier alpha value is -2.43. The monoisotopic (exact) mass is 352 g/mol. The standard InChI is InChI=1S/C21H24N2O3/c1-2-26-21(25)14-7-6-12-23(13-14)20(24)19-15-8-3-4-10-17(15)22-18-11-5-9-16(18)19/h3-4,8,10,14H,2,5-7,9,11-13H2,1H3. The second-order valence-electron chi connectivity index (χ2n) is 7.13. The fraction of sp³-hybridized carbons (Fsp3) is 0.476. The zero-order chi connectivity index (χ0) is 18.1. The Morgan fingerprint density at radius 2 is 2.08 bits per heavy atom. The molecule has 4 rings (SSSR count). The summed E-state index contributed by atoms with van der Waals surface area (Å²) >= 11 is 0. The highest BCUT2D eigenvalue weighted by Crippen LogP contribution is 2.32. The molecule has 0 radical (unpaired) electrons. The molecule has 1 aromatic carbocycles. The lowest BCUT2D eigenvalue weighted by Crippen LogP contribution is -2.43. The summed E-state index contributed by atoms with van der Waals surface area (Å²) in [6, 6.07) is 7.88. The number of likely N-dealkylation sites (tertiary alicyclic amines) is 1. The van der Waals surface area contributed by atoms with Crippen molar-refractivity contribution in [1.82, 2.24) is 9.88 Å². The van der Waals surface area contributed by atoms with Gasteiger partial charge in [-0.25, -0.2) is 0 Å². The fourth-order valence-electron chi connectivity index (χ4n) is 4.23. The molecule has 1 aromatic heterocycles. The zero-order valence-corrected chi connectivity index (χ0v) is 15.2. The number of aryl methyl sites for hydroxylation is 1. The van der Waals surface area contributed by atoms with E-state index in [1.165, 1.54) is 0 Å². The van der Waals surface area contributed by atoms with Gasteiger partial charge in [0.05, 0.1) is 23.6 Å². The van der Waals surface area contributed by atoms with Crippen LogP contribution in [0.3, 0.4) is 0 Å². The number of ether oxygens (including phenoxy) is 1. The average Bonchev–Trinajstić information content (AvgIpc) is 3.14. The summed E-state index contributed by atoms with van der Waals surface area (Å²) in [5.41, 5.74) is 3.85. The maximum atomic E-state index is 13.4. The average molecular weight is 352 g/mol. The minimum absolute atomic E-state index is 0.0377. The molecule has 26 heavy (non-hydrogen) atoms. The van der Waals surface area contributed by atoms with Crippen molar-refractivity contribution in [3.63, 3.8) is 0 Å². The van der Waals surface area contributed by atoms with E-state index in [-0.39, 0.29) is 17.8 Å². The Morgan fingerprint density at radius 1 is 1.23 bits per heavy atom. The van der Waals surface area contributed by atoms with Gasteiger partial charge < -0.3 is 9.64 Å². The minimum Gasteiger partial charge on any atom is -0.466 e. The molecule has 5 heteroatoms. The maximum Gasteiger partial charge on any atom is 0.310 e. The first-order chi connectivity index (χ1) is 12.7. The lowest BCUT2D eigenvalue weighted by molar-refractivity contribution is -0.149. The molecule has 5 nitrogen and oxygen atoms in total. The van der Waals surface area contributed by atoms with Crippen LogP contribution in [0.1, 0.15) is 47.8 Å². The van der Waals surface area contributed by atoms with Crippen LogP contribution in [0.25, 0.3) is 10.9 Å². The quantitative estimate of drug-likeness (QED) is 0.796. The Bertz CT molecular complexity index is 862. The number of hydrogen-bond acceptors (Lipinski definition) is 4. The fourth-order valence-corrected chi connectivity index (χ4v) is 4.23. The Labute approximate surface area is 153 Å². The Balaban J connectivity index is 1.69. The van der Waals surface area contributed by atoms with Crippen LogP contribution >= 0.6 is 0 Å². The molecule has 2 aliphatic rings. The van der Waals surface area contributed by atoms with Crippen LogP contribution in [0.5, 0.6) is 0 Å². The van der Waals surface area contributed by atoms with E-state index < -0.39 is 0 Å². The summed E-state index contributed by atoms with van der Waals surface area (Å²) in [5.74, 6) is -0.362. The molecule has 2 heterocycles. The third-order valence-corrected chi connectivity index (χ3v) is 5.46. The van der Waals surface area contributed by atoms with Crippen LogP contribution < -0.4 is 0 Å². The van der Waals surface area contributed by atoms with E-state index in [0.717, 1.165) is 59.8 Å². The molecule has 0 saturated carbocycles. The molecule has 0 N–H and O–H groups in total. The molecule has 0 spiro atoms. The van der Waals surface area contributed by atoms with E-state index in [1.54, 1.807) is 0 Å². The molecule has 1 aliphatic heterocycles. The zero-order valence-electron chi connectivity index (χ0n) is 15.2. The number of hydrogen-bond donors (Lipinski definition) is 0. The first-order valence-corrected chi connectivity index (χ1v) is 9.55. The normalized spacial score (nSPS) is 19.4. The van der Waals surface area contributed by atoms with Crippen molar-refractivity contribution in [1.29, 1.82) is 0 Å². The third-order valence-electron chi connectivity index (χ3n) is 5.46. The molecule has 1 saturated heterocycles. The van der Waals surface area contributed by atoms with Crippen molar-refractivity contribution in [2.24, 2.45) is 5.92 Å². The second-order valence-corrected chi connectivity index (χ2v) is 7.13. The second kappa shape index (κ2) is 7.06. The topological polar surface area (TPSA) is 59.5 Å². The number of carbonyl (C=O) groups excluding carboxylic acids is 2. The number of rotatable bonds is 3. The van der Waals surface area contributed by atoms with Crippen LogP contribution in [-0.4, -0.2) is 41.5 Å². The van der Waals surface area contributed by atoms with Crippen LogP contribution in [-0.2, 0) is 22.4 Å². The Morgan fingerprint density at radius 3 is 2.92 bits per heavy atom. The minimum atomic E-state index is -0.214. The lowest BCUT2D eigenvalue weighted by atomic mass is 9.95. The molecule has 1 fully saturated rings.